The highest BCUT2D eigenvalue weighted by molar-refractivity contribution is 8.08. The Morgan fingerprint density at radius 1 is 0.695 bits per heavy atom. The third-order valence-corrected chi connectivity index (χ3v) is 16.4. The van der Waals surface area contributed by atoms with Crippen molar-refractivity contribution in [2.45, 2.75) is 29.2 Å². The number of carbonyl (C=O) groups excluding carboxylic acids is 5. The molecule has 8 aromatic rings. The van der Waals surface area contributed by atoms with E-state index >= 15 is 0 Å². The van der Waals surface area contributed by atoms with Gasteiger partial charge in [0.05, 0.1) is 0 Å². The summed E-state index contributed by atoms with van der Waals surface area (Å²) >= 11 is 3.59. The van der Waals surface area contributed by atoms with Gasteiger partial charge in [-0.1, -0.05) is 242 Å². The molecule has 0 unspecified atom stereocenters. The van der Waals surface area contributed by atoms with Gasteiger partial charge in [-0.2, -0.15) is 0 Å². The summed E-state index contributed by atoms with van der Waals surface area (Å²) in [6.07, 6.45) is 1.04. The number of β-lactam (4-membered cyclic amide) rings is 1. The van der Waals surface area contributed by atoms with Crippen LogP contribution in [0.5, 0.6) is 0 Å². The van der Waals surface area contributed by atoms with Crippen molar-refractivity contribution in [2.75, 3.05) is 24.3 Å². The van der Waals surface area contributed by atoms with E-state index in [0.29, 0.717) is 21.2 Å². The number of ether oxygens (including phenoxy) is 3. The van der Waals surface area contributed by atoms with Crippen molar-refractivity contribution < 1.29 is 43.0 Å². The van der Waals surface area contributed by atoms with Gasteiger partial charge in [-0.25, -0.2) is 19.4 Å². The predicted octanol–water partition coefficient (Wildman–Crippen LogP) is 11.5. The average molecular weight is 1140 g/mol. The fourth-order valence-corrected chi connectivity index (χ4v) is 12.5. The zero-order chi connectivity index (χ0) is 56.7. The Morgan fingerprint density at radius 3 is 1.66 bits per heavy atom. The number of aromatic nitrogens is 1. The monoisotopic (exact) mass is 1140 g/mol. The molecule has 2 aliphatic rings. The smallest absolute Gasteiger partial charge is 0.356 e. The summed E-state index contributed by atoms with van der Waals surface area (Å²) in [6, 6.07) is 65.6. The molecule has 2 aliphatic heterocycles. The van der Waals surface area contributed by atoms with Crippen LogP contribution < -0.4 is 10.6 Å². The van der Waals surface area contributed by atoms with Crippen LogP contribution in [0.3, 0.4) is 0 Å². The van der Waals surface area contributed by atoms with Gasteiger partial charge in [-0.15, -0.1) is 23.1 Å². The fraction of sp³-hybridized carbons (Fsp3) is 0.123. The number of hydrogen-bond donors (Lipinski definition) is 2. The van der Waals surface area contributed by atoms with Gasteiger partial charge in [-0.3, -0.25) is 14.5 Å². The molecule has 0 saturated carbocycles. The Hall–Kier alpha value is -9.29. The minimum Gasteiger partial charge on any atom is -0.458 e. The van der Waals surface area contributed by atoms with Crippen LogP contribution in [0.2, 0.25) is 0 Å². The summed E-state index contributed by atoms with van der Waals surface area (Å²) in [5, 5.41) is 13.6. The third kappa shape index (κ3) is 12.8. The minimum atomic E-state index is -1.18. The molecular formula is C65H53N5O9S3. The van der Waals surface area contributed by atoms with Crippen LogP contribution in [-0.2, 0) is 48.6 Å². The van der Waals surface area contributed by atoms with Crippen molar-refractivity contribution in [3.05, 3.63) is 297 Å². The molecule has 2 amide bonds. The normalized spacial score (nSPS) is 15.1. The molecule has 7 aromatic carbocycles. The molecule has 0 aliphatic carbocycles. The lowest BCUT2D eigenvalue weighted by atomic mass is 9.77. The van der Waals surface area contributed by atoms with Crippen LogP contribution in [0, 0.1) is 0 Å². The number of rotatable bonds is 23. The van der Waals surface area contributed by atoms with E-state index in [2.05, 4.69) is 22.4 Å². The largest absolute Gasteiger partial charge is 0.458 e. The Kier molecular flexibility index (Phi) is 18.3. The Morgan fingerprint density at radius 2 is 1.17 bits per heavy atom. The first kappa shape index (κ1) is 56.0. The van der Waals surface area contributed by atoms with Crippen molar-refractivity contribution in [1.29, 1.82) is 0 Å². The van der Waals surface area contributed by atoms with E-state index in [-0.39, 0.29) is 29.5 Å². The summed E-state index contributed by atoms with van der Waals surface area (Å²) in [6.45, 7) is 2.89. The summed E-state index contributed by atoms with van der Waals surface area (Å²) in [5.74, 6) is -3.46. The molecule has 1 saturated heterocycles. The number of thioether (sulfide) groups is 2. The highest BCUT2D eigenvalue weighted by Gasteiger charge is 2.55. The molecule has 0 spiro atoms. The number of nitrogens with zero attached hydrogens (tertiary/aromatic N) is 3. The average Bonchev–Trinajstić information content (AvgIpc) is 2.02. The van der Waals surface area contributed by atoms with E-state index < -0.39 is 65.5 Å². The number of esters is 3. The fourth-order valence-electron chi connectivity index (χ4n) is 9.47. The number of benzene rings is 7. The van der Waals surface area contributed by atoms with Gasteiger partial charge in [0.1, 0.15) is 35.0 Å². The number of thiazole rings is 1. The second kappa shape index (κ2) is 26.8. The van der Waals surface area contributed by atoms with Crippen LogP contribution in [0.4, 0.5) is 5.13 Å². The van der Waals surface area contributed by atoms with E-state index in [1.807, 2.05) is 212 Å². The van der Waals surface area contributed by atoms with Crippen molar-refractivity contribution in [1.82, 2.24) is 15.2 Å². The molecule has 17 heteroatoms. The number of fused-ring (bicyclic) bond motifs is 1. The lowest BCUT2D eigenvalue weighted by Crippen LogP contribution is -2.71. The number of anilines is 1. The van der Waals surface area contributed by atoms with Gasteiger partial charge in [-0.05, 0) is 44.4 Å². The molecule has 14 nitrogen and oxygen atoms in total. The van der Waals surface area contributed by atoms with E-state index in [0.717, 1.165) is 39.6 Å². The first-order chi connectivity index (χ1) is 40.2. The zero-order valence-corrected chi connectivity index (χ0v) is 46.3. The van der Waals surface area contributed by atoms with Crippen LogP contribution in [0.25, 0.3) is 0 Å². The maximum absolute atomic E-state index is 14.9. The predicted molar refractivity (Wildman–Crippen MR) is 319 cm³/mol. The van der Waals surface area contributed by atoms with Crippen LogP contribution in [0.15, 0.2) is 258 Å². The van der Waals surface area contributed by atoms with E-state index in [9.17, 15) is 24.0 Å². The summed E-state index contributed by atoms with van der Waals surface area (Å²) in [5.41, 5.74) is 4.30. The zero-order valence-electron chi connectivity index (χ0n) is 43.9. The standard InChI is InChI=1S/C65H53N5O9S3/c1-2-39-76-53(71)38-40-80-52-43-81-62-56(61(74)70(62)57(52)63(75)79-59(46-28-14-5-15-29-46)47-30-16-6-17-31-47)67-60(73)55(69-77-41-54(72)78-58(44-24-10-3-11-25-44)45-26-12-4-13-27-45)51-42-82-64(66-51)68-65(48-32-18-7-19-33-48,49-34-20-8-21-35-49)50-36-22-9-23-37-50/h2-38,40,42,56,58-59,62H,1,39,41,43H2,(H,66,68)(H,67,73)/b40-38-,69-55-/t56-,62+/m1/s1. The maximum Gasteiger partial charge on any atom is 0.356 e. The molecule has 410 valence electrons. The highest BCUT2D eigenvalue weighted by atomic mass is 32.2. The van der Waals surface area contributed by atoms with Gasteiger partial charge in [0.25, 0.3) is 11.8 Å². The lowest BCUT2D eigenvalue weighted by molar-refractivity contribution is -0.154. The van der Waals surface area contributed by atoms with Crippen molar-refractivity contribution in [3.8, 4) is 0 Å². The van der Waals surface area contributed by atoms with Gasteiger partial charge in [0.15, 0.2) is 23.1 Å². The van der Waals surface area contributed by atoms with Gasteiger partial charge < -0.3 is 29.7 Å². The van der Waals surface area contributed by atoms with E-state index in [4.69, 9.17) is 24.0 Å². The van der Waals surface area contributed by atoms with Gasteiger partial charge in [0, 0.05) is 22.1 Å². The number of oxime groups is 1. The number of amides is 2. The molecule has 0 radical (unpaired) electrons. The van der Waals surface area contributed by atoms with Crippen molar-refractivity contribution in [3.63, 3.8) is 0 Å². The van der Waals surface area contributed by atoms with E-state index in [1.54, 1.807) is 5.38 Å². The van der Waals surface area contributed by atoms with Gasteiger partial charge >= 0.3 is 17.9 Å². The SMILES string of the molecule is C=CCOC(=O)/C=C\SC1=C(C(=O)OC(c2ccccc2)c2ccccc2)N2C(=O)[C@@H](NC(=O)/C(=N\OCC(=O)OC(c3ccccc3)c3ccccc3)c3csc(NC(c4ccccc4)(c4ccccc4)c4ccccc4)n3)[C@@H]2SC1. The van der Waals surface area contributed by atoms with Crippen molar-refractivity contribution >= 4 is 75.4 Å². The molecule has 1 aromatic heterocycles. The molecular weight excluding hydrogens is 1090 g/mol. The quantitative estimate of drug-likeness (QED) is 0.00906. The van der Waals surface area contributed by atoms with Crippen LogP contribution in [0.1, 0.15) is 56.8 Å². The van der Waals surface area contributed by atoms with Crippen molar-refractivity contribution in [2.24, 2.45) is 5.16 Å². The topological polar surface area (TPSA) is 175 Å². The molecule has 82 heavy (non-hydrogen) atoms. The number of nitrogens with one attached hydrogen (secondary N) is 2. The molecule has 3 heterocycles. The van der Waals surface area contributed by atoms with E-state index in [1.165, 1.54) is 45.6 Å². The molecule has 10 rings (SSSR count). The Labute approximate surface area is 486 Å². The second-order valence-corrected chi connectivity index (χ2v) is 21.5. The molecule has 1 fully saturated rings. The molecule has 2 N–H and O–H groups in total. The second-order valence-electron chi connectivity index (χ2n) is 18.5. The van der Waals surface area contributed by atoms with Crippen LogP contribution in [-0.4, -0.2) is 75.7 Å². The lowest BCUT2D eigenvalue weighted by Gasteiger charge is -2.49. The molecule has 0 bridgehead atoms. The maximum atomic E-state index is 14.9. The van der Waals surface area contributed by atoms with Gasteiger partial charge in [0.2, 0.25) is 6.61 Å². The third-order valence-electron chi connectivity index (χ3n) is 13.3. The number of carbonyl (C=O) groups is 5. The summed E-state index contributed by atoms with van der Waals surface area (Å²) < 4.78 is 17.4. The summed E-state index contributed by atoms with van der Waals surface area (Å²) in [4.78, 5) is 82.9. The Balaban J connectivity index is 0.961. The summed E-state index contributed by atoms with van der Waals surface area (Å²) in [7, 11) is 0. The Bertz CT molecular complexity index is 3440. The first-order valence-corrected chi connectivity index (χ1v) is 28.8. The minimum absolute atomic E-state index is 0.00834. The number of hydrogen-bond acceptors (Lipinski definition) is 15. The highest BCUT2D eigenvalue weighted by Crippen LogP contribution is 2.45. The molecule has 2 atom stereocenters. The van der Waals surface area contributed by atoms with Crippen LogP contribution >= 0.6 is 34.9 Å². The first-order valence-electron chi connectivity index (χ1n) is 26.0.